The summed E-state index contributed by atoms with van der Waals surface area (Å²) in [6, 6.07) is 7.38. The molecule has 7 heteroatoms. The largest absolute Gasteiger partial charge is 0.493 e. The predicted octanol–water partition coefficient (Wildman–Crippen LogP) is 1.67. The molecule has 1 heterocycles. The minimum Gasteiger partial charge on any atom is -0.493 e. The Hall–Kier alpha value is -1.64. The van der Waals surface area contributed by atoms with Crippen LogP contribution >= 0.6 is 22.6 Å². The van der Waals surface area contributed by atoms with Crippen LogP contribution in [0.3, 0.4) is 0 Å². The van der Waals surface area contributed by atoms with Gasteiger partial charge in [-0.15, -0.1) is 5.06 Å². The summed E-state index contributed by atoms with van der Waals surface area (Å²) in [6.45, 7) is 0.120. The third kappa shape index (κ3) is 3.92. The van der Waals surface area contributed by atoms with E-state index >= 15 is 0 Å². The highest BCUT2D eigenvalue weighted by molar-refractivity contribution is 14.1. The van der Waals surface area contributed by atoms with Crippen molar-refractivity contribution >= 4 is 40.4 Å². The maximum atomic E-state index is 11.5. The van der Waals surface area contributed by atoms with E-state index in [-0.39, 0.29) is 25.9 Å². The molecular weight excluding hydrogens is 377 g/mol. The van der Waals surface area contributed by atoms with Crippen molar-refractivity contribution in [3.05, 3.63) is 27.8 Å². The molecule has 2 amide bonds. The number of halogens is 1. The van der Waals surface area contributed by atoms with Gasteiger partial charge in [-0.1, -0.05) is 6.07 Å². The zero-order valence-corrected chi connectivity index (χ0v) is 12.7. The molecule has 1 aromatic carbocycles. The molecule has 1 aromatic rings. The number of benzene rings is 1. The van der Waals surface area contributed by atoms with Gasteiger partial charge >= 0.3 is 5.97 Å². The van der Waals surface area contributed by atoms with Crippen LogP contribution in [-0.2, 0) is 19.2 Å². The van der Waals surface area contributed by atoms with Gasteiger partial charge in [0.15, 0.2) is 0 Å². The first-order chi connectivity index (χ1) is 9.56. The van der Waals surface area contributed by atoms with Gasteiger partial charge in [0.2, 0.25) is 0 Å². The Bertz CT molecular complexity index is 529. The summed E-state index contributed by atoms with van der Waals surface area (Å²) in [6.07, 6.45) is 0.138. The zero-order chi connectivity index (χ0) is 14.5. The van der Waals surface area contributed by atoms with E-state index in [1.807, 2.05) is 18.2 Å². The van der Waals surface area contributed by atoms with E-state index in [0.717, 1.165) is 3.57 Å². The number of rotatable bonds is 5. The Labute approximate surface area is 129 Å². The van der Waals surface area contributed by atoms with Crippen molar-refractivity contribution in [1.82, 2.24) is 5.06 Å². The van der Waals surface area contributed by atoms with Crippen molar-refractivity contribution in [2.24, 2.45) is 0 Å². The summed E-state index contributed by atoms with van der Waals surface area (Å²) in [7, 11) is 0. The molecule has 2 rings (SSSR count). The molecule has 0 radical (unpaired) electrons. The van der Waals surface area contributed by atoms with Crippen molar-refractivity contribution in [2.75, 3.05) is 6.61 Å². The minimum absolute atomic E-state index is 0.0392. The number of amides is 2. The van der Waals surface area contributed by atoms with Gasteiger partial charge in [-0.25, -0.2) is 4.79 Å². The van der Waals surface area contributed by atoms with Crippen LogP contribution < -0.4 is 4.74 Å². The summed E-state index contributed by atoms with van der Waals surface area (Å²) in [5.41, 5.74) is 0. The van der Waals surface area contributed by atoms with Gasteiger partial charge in [-0.05, 0) is 40.8 Å². The normalized spacial score (nSPS) is 14.6. The van der Waals surface area contributed by atoms with Crippen LogP contribution in [0.4, 0.5) is 0 Å². The summed E-state index contributed by atoms with van der Waals surface area (Å²) in [5.74, 6) is -0.985. The number of carbonyl (C=O) groups excluding carboxylic acids is 3. The molecule has 1 fully saturated rings. The second-order valence-electron chi connectivity index (χ2n) is 4.10. The van der Waals surface area contributed by atoms with E-state index in [1.54, 1.807) is 6.07 Å². The number of nitrogens with zero attached hydrogens (tertiary/aromatic N) is 1. The third-order valence-corrected chi connectivity index (χ3v) is 3.24. The number of imide groups is 1. The van der Waals surface area contributed by atoms with Crippen LogP contribution in [0.15, 0.2) is 24.3 Å². The van der Waals surface area contributed by atoms with E-state index in [0.29, 0.717) is 10.8 Å². The first kappa shape index (κ1) is 14.8. The van der Waals surface area contributed by atoms with E-state index < -0.39 is 17.8 Å². The van der Waals surface area contributed by atoms with Gasteiger partial charge in [-0.3, -0.25) is 9.59 Å². The Balaban J connectivity index is 1.75. The van der Waals surface area contributed by atoms with E-state index in [9.17, 15) is 14.4 Å². The number of hydrogen-bond donors (Lipinski definition) is 0. The Morgan fingerprint density at radius 1 is 1.25 bits per heavy atom. The molecule has 0 bridgehead atoms. The maximum Gasteiger partial charge on any atom is 0.336 e. The fourth-order valence-electron chi connectivity index (χ4n) is 1.61. The number of hydroxylamine groups is 2. The van der Waals surface area contributed by atoms with Crippen molar-refractivity contribution in [3.63, 3.8) is 0 Å². The Morgan fingerprint density at radius 2 is 1.95 bits per heavy atom. The van der Waals surface area contributed by atoms with Crippen molar-refractivity contribution in [1.29, 1.82) is 0 Å². The van der Waals surface area contributed by atoms with Crippen molar-refractivity contribution in [2.45, 2.75) is 19.3 Å². The van der Waals surface area contributed by atoms with Gasteiger partial charge in [-0.2, -0.15) is 0 Å². The Morgan fingerprint density at radius 3 is 2.60 bits per heavy atom. The molecule has 1 aliphatic heterocycles. The highest BCUT2D eigenvalue weighted by Gasteiger charge is 2.32. The number of ether oxygens (including phenoxy) is 1. The van der Waals surface area contributed by atoms with Crippen LogP contribution in [0.1, 0.15) is 19.3 Å². The quantitative estimate of drug-likeness (QED) is 0.566. The van der Waals surface area contributed by atoms with Crippen LogP contribution in [0.2, 0.25) is 0 Å². The van der Waals surface area contributed by atoms with E-state index in [1.165, 1.54) is 0 Å². The van der Waals surface area contributed by atoms with Crippen LogP contribution in [0.25, 0.3) is 0 Å². The lowest BCUT2D eigenvalue weighted by atomic mass is 10.3. The molecule has 0 saturated carbocycles. The highest BCUT2D eigenvalue weighted by atomic mass is 127. The van der Waals surface area contributed by atoms with Gasteiger partial charge in [0.25, 0.3) is 11.8 Å². The number of hydrogen-bond acceptors (Lipinski definition) is 5. The third-order valence-electron chi connectivity index (χ3n) is 2.57. The van der Waals surface area contributed by atoms with Gasteiger partial charge in [0.05, 0.1) is 13.0 Å². The zero-order valence-electron chi connectivity index (χ0n) is 10.5. The van der Waals surface area contributed by atoms with Crippen molar-refractivity contribution in [3.8, 4) is 5.75 Å². The smallest absolute Gasteiger partial charge is 0.336 e. The SMILES string of the molecule is O=C(CCOc1cccc(I)c1)ON1C(=O)CCC1=O. The second-order valence-corrected chi connectivity index (χ2v) is 5.35. The molecule has 0 unspecified atom stereocenters. The number of carbonyl (C=O) groups is 3. The minimum atomic E-state index is -0.667. The molecule has 6 nitrogen and oxygen atoms in total. The average Bonchev–Trinajstić information content (AvgIpc) is 2.71. The fourth-order valence-corrected chi connectivity index (χ4v) is 2.13. The standard InChI is InChI=1S/C13H12INO5/c14-9-2-1-3-10(8-9)19-7-6-13(18)20-15-11(16)4-5-12(15)17/h1-3,8H,4-7H2. The predicted molar refractivity (Wildman–Crippen MR) is 76.5 cm³/mol. The molecular formula is C13H12INO5. The lowest BCUT2D eigenvalue weighted by molar-refractivity contribution is -0.197. The lowest BCUT2D eigenvalue weighted by Gasteiger charge is -2.12. The Kier molecular flexibility index (Phi) is 4.94. The summed E-state index contributed by atoms with van der Waals surface area (Å²) >= 11 is 2.15. The fraction of sp³-hybridized carbons (Fsp3) is 0.308. The van der Waals surface area contributed by atoms with Crippen molar-refractivity contribution < 1.29 is 24.0 Å². The molecule has 106 valence electrons. The van der Waals surface area contributed by atoms with E-state index in [2.05, 4.69) is 22.6 Å². The molecule has 0 spiro atoms. The first-order valence-electron chi connectivity index (χ1n) is 6.01. The molecule has 1 saturated heterocycles. The second kappa shape index (κ2) is 6.69. The van der Waals surface area contributed by atoms with E-state index in [4.69, 9.17) is 9.57 Å². The first-order valence-corrected chi connectivity index (χ1v) is 7.09. The van der Waals surface area contributed by atoms with Gasteiger partial charge < -0.3 is 9.57 Å². The lowest BCUT2D eigenvalue weighted by Crippen LogP contribution is -2.32. The molecule has 0 atom stereocenters. The highest BCUT2D eigenvalue weighted by Crippen LogP contribution is 2.15. The summed E-state index contributed by atoms with van der Waals surface area (Å²) in [4.78, 5) is 38.7. The van der Waals surface area contributed by atoms with Crippen LogP contribution in [-0.4, -0.2) is 29.5 Å². The maximum absolute atomic E-state index is 11.5. The molecule has 0 aromatic heterocycles. The molecule has 1 aliphatic rings. The molecule has 0 N–H and O–H groups in total. The van der Waals surface area contributed by atoms with Gasteiger partial charge in [0, 0.05) is 16.4 Å². The van der Waals surface area contributed by atoms with Crippen LogP contribution in [0.5, 0.6) is 5.75 Å². The van der Waals surface area contributed by atoms with Crippen LogP contribution in [0, 0.1) is 3.57 Å². The monoisotopic (exact) mass is 389 g/mol. The summed E-state index contributed by atoms with van der Waals surface area (Å²) in [5, 5.41) is 0.536. The summed E-state index contributed by atoms with van der Waals surface area (Å²) < 4.78 is 6.41. The topological polar surface area (TPSA) is 72.9 Å². The average molecular weight is 389 g/mol. The molecule has 0 aliphatic carbocycles. The molecule has 20 heavy (non-hydrogen) atoms. The van der Waals surface area contributed by atoms with Gasteiger partial charge in [0.1, 0.15) is 5.75 Å².